The van der Waals surface area contributed by atoms with Gasteiger partial charge in [-0.15, -0.1) is 0 Å². The van der Waals surface area contributed by atoms with Crippen LogP contribution in [-0.4, -0.2) is 49.3 Å². The molecule has 528 valence electrons. The van der Waals surface area contributed by atoms with Gasteiger partial charge in [0.2, 0.25) is 0 Å². The molecule has 0 saturated heterocycles. The van der Waals surface area contributed by atoms with Crippen LogP contribution in [-0.2, 0) is 32.7 Å². The number of hydrogen-bond acceptors (Lipinski definition) is 8. The number of ether oxygens (including phenoxy) is 2. The second-order valence-electron chi connectivity index (χ2n) is 25.9. The van der Waals surface area contributed by atoms with E-state index in [0.29, 0.717) is 6.42 Å². The fourth-order valence-corrected chi connectivity index (χ4v) is 12.1. The van der Waals surface area contributed by atoms with Crippen LogP contribution in [0, 0.1) is 0 Å². The summed E-state index contributed by atoms with van der Waals surface area (Å²) in [6, 6.07) is 0. The predicted octanol–water partition coefficient (Wildman–Crippen LogP) is 25.9. The van der Waals surface area contributed by atoms with E-state index in [-0.39, 0.29) is 38.6 Å². The number of nitrogens with two attached hydrogens (primary N) is 1. The molecule has 0 radical (unpaired) electrons. The Kier molecular flexibility index (Phi) is 73.4. The summed E-state index contributed by atoms with van der Waals surface area (Å²) in [6.45, 7) is 3.68. The van der Waals surface area contributed by atoms with Gasteiger partial charge in [-0.3, -0.25) is 18.6 Å². The zero-order valence-corrected chi connectivity index (χ0v) is 60.5. The van der Waals surface area contributed by atoms with Crippen molar-refractivity contribution in [2.75, 3.05) is 26.4 Å². The van der Waals surface area contributed by atoms with Gasteiger partial charge in [0.1, 0.15) is 6.61 Å². The van der Waals surface area contributed by atoms with Gasteiger partial charge in [0.15, 0.2) is 6.10 Å². The maximum absolute atomic E-state index is 12.8. The van der Waals surface area contributed by atoms with Crippen molar-refractivity contribution < 1.29 is 37.6 Å². The molecule has 0 aromatic rings. The van der Waals surface area contributed by atoms with E-state index in [2.05, 4.69) is 111 Å². The zero-order valence-electron chi connectivity index (χ0n) is 59.6. The van der Waals surface area contributed by atoms with Crippen molar-refractivity contribution in [2.24, 2.45) is 5.73 Å². The third-order valence-electron chi connectivity index (χ3n) is 17.0. The molecule has 91 heavy (non-hydrogen) atoms. The predicted molar refractivity (Wildman–Crippen MR) is 395 cm³/mol. The highest BCUT2D eigenvalue weighted by molar-refractivity contribution is 7.47. The van der Waals surface area contributed by atoms with E-state index in [0.717, 1.165) is 89.9 Å². The van der Waals surface area contributed by atoms with Crippen molar-refractivity contribution >= 4 is 19.8 Å². The third kappa shape index (κ3) is 75.8. The maximum atomic E-state index is 12.8. The summed E-state index contributed by atoms with van der Waals surface area (Å²) in [5, 5.41) is 0. The van der Waals surface area contributed by atoms with Gasteiger partial charge < -0.3 is 20.1 Å². The quantitative estimate of drug-likeness (QED) is 0.0264. The van der Waals surface area contributed by atoms with Gasteiger partial charge in [0.05, 0.1) is 13.2 Å². The summed E-state index contributed by atoms with van der Waals surface area (Å²) in [5.41, 5.74) is 5.41. The number of rotatable bonds is 73. The van der Waals surface area contributed by atoms with E-state index < -0.39 is 26.5 Å². The van der Waals surface area contributed by atoms with E-state index in [4.69, 9.17) is 24.3 Å². The van der Waals surface area contributed by atoms with Crippen LogP contribution in [0.5, 0.6) is 0 Å². The van der Waals surface area contributed by atoms with Crippen molar-refractivity contribution in [3.63, 3.8) is 0 Å². The lowest BCUT2D eigenvalue weighted by Crippen LogP contribution is -2.29. The highest BCUT2D eigenvalue weighted by Crippen LogP contribution is 2.43. The number of carbonyl (C=O) groups is 2. The minimum absolute atomic E-state index is 0.0516. The fourth-order valence-electron chi connectivity index (χ4n) is 11.3. The van der Waals surface area contributed by atoms with E-state index in [9.17, 15) is 19.0 Å². The van der Waals surface area contributed by atoms with Crippen LogP contribution in [0.1, 0.15) is 373 Å². The topological polar surface area (TPSA) is 134 Å². The Balaban J connectivity index is 3.84. The summed E-state index contributed by atoms with van der Waals surface area (Å²) in [6.07, 6.45) is 104. The summed E-state index contributed by atoms with van der Waals surface area (Å²) in [7, 11) is -4.40. The van der Waals surface area contributed by atoms with Gasteiger partial charge in [-0.1, -0.05) is 381 Å². The number of esters is 2. The van der Waals surface area contributed by atoms with Crippen molar-refractivity contribution in [1.29, 1.82) is 0 Å². The lowest BCUT2D eigenvalue weighted by Gasteiger charge is -2.19. The molecule has 0 aromatic heterocycles. The van der Waals surface area contributed by atoms with E-state index in [1.165, 1.54) is 250 Å². The Hall–Kier alpha value is -3.07. The molecule has 0 bridgehead atoms. The van der Waals surface area contributed by atoms with Crippen LogP contribution in [0.15, 0.2) is 97.2 Å². The highest BCUT2D eigenvalue weighted by atomic mass is 31.2. The first-order valence-corrected chi connectivity index (χ1v) is 40.2. The van der Waals surface area contributed by atoms with Gasteiger partial charge in [-0.2, -0.15) is 0 Å². The zero-order chi connectivity index (χ0) is 65.8. The first kappa shape index (κ1) is 87.9. The largest absolute Gasteiger partial charge is 0.472 e. The molecule has 0 aliphatic carbocycles. The second-order valence-corrected chi connectivity index (χ2v) is 27.3. The van der Waals surface area contributed by atoms with Crippen molar-refractivity contribution in [1.82, 2.24) is 0 Å². The van der Waals surface area contributed by atoms with E-state index >= 15 is 0 Å². The molecule has 10 heteroatoms. The van der Waals surface area contributed by atoms with Gasteiger partial charge in [0.25, 0.3) is 0 Å². The average Bonchev–Trinajstić information content (AvgIpc) is 3.74. The molecule has 0 heterocycles. The number of allylic oxidation sites excluding steroid dienone is 16. The number of phosphoric acid groups is 1. The first-order valence-electron chi connectivity index (χ1n) is 38.7. The monoisotopic (exact) mass is 1290 g/mol. The molecule has 0 aromatic carbocycles. The minimum atomic E-state index is -4.40. The highest BCUT2D eigenvalue weighted by Gasteiger charge is 2.26. The van der Waals surface area contributed by atoms with Crippen LogP contribution in [0.4, 0.5) is 0 Å². The van der Waals surface area contributed by atoms with Crippen molar-refractivity contribution in [3.8, 4) is 0 Å². The Labute approximate surface area is 563 Å². The molecule has 9 nitrogen and oxygen atoms in total. The summed E-state index contributed by atoms with van der Waals surface area (Å²) in [4.78, 5) is 35.4. The van der Waals surface area contributed by atoms with E-state index in [1.807, 2.05) is 0 Å². The van der Waals surface area contributed by atoms with Crippen LogP contribution >= 0.6 is 7.82 Å². The molecule has 0 amide bonds. The Morgan fingerprint density at radius 3 is 0.901 bits per heavy atom. The van der Waals surface area contributed by atoms with Crippen LogP contribution < -0.4 is 5.73 Å². The Bertz CT molecular complexity index is 1820. The third-order valence-corrected chi connectivity index (χ3v) is 18.0. The SMILES string of the molecule is CC/C=C\C/C=C\C/C=C\C/C=C\C/C=C\C/C=C\C/C=C\C/C=C\CCCCCCCCCCCCCCC(=O)OC(COC(=O)CCCCCCCCCCCCCCCCCCCCCCCCCCCCCCCCCCC)COP(=O)(O)OCCN. The van der Waals surface area contributed by atoms with Gasteiger partial charge in [-0.05, 0) is 77.0 Å². The number of unbranched alkanes of at least 4 members (excludes halogenated alkanes) is 44. The van der Waals surface area contributed by atoms with Crippen molar-refractivity contribution in [2.45, 2.75) is 380 Å². The van der Waals surface area contributed by atoms with Crippen LogP contribution in [0.3, 0.4) is 0 Å². The molecule has 0 aliphatic rings. The first-order chi connectivity index (χ1) is 44.8. The van der Waals surface area contributed by atoms with Gasteiger partial charge in [0, 0.05) is 19.4 Å². The molecule has 0 aliphatic heterocycles. The molecule has 0 rings (SSSR count). The van der Waals surface area contributed by atoms with Gasteiger partial charge in [-0.25, -0.2) is 4.57 Å². The number of hydrogen-bond donors (Lipinski definition) is 2. The second kappa shape index (κ2) is 76.0. The minimum Gasteiger partial charge on any atom is -0.462 e. The Morgan fingerprint density at radius 2 is 0.604 bits per heavy atom. The fraction of sp³-hybridized carbons (Fsp3) is 0.778. The normalized spacial score (nSPS) is 13.4. The van der Waals surface area contributed by atoms with Crippen molar-refractivity contribution in [3.05, 3.63) is 97.2 Å². The molecular weight excluding hydrogens is 1150 g/mol. The lowest BCUT2D eigenvalue weighted by atomic mass is 10.0. The molecule has 0 saturated carbocycles. The smallest absolute Gasteiger partial charge is 0.462 e. The molecule has 2 unspecified atom stereocenters. The number of phosphoric ester groups is 1. The van der Waals surface area contributed by atoms with Crippen LogP contribution in [0.2, 0.25) is 0 Å². The van der Waals surface area contributed by atoms with E-state index in [1.54, 1.807) is 0 Å². The van der Waals surface area contributed by atoms with Crippen LogP contribution in [0.25, 0.3) is 0 Å². The summed E-state index contributed by atoms with van der Waals surface area (Å²) < 4.78 is 33.3. The average molecular weight is 1290 g/mol. The maximum Gasteiger partial charge on any atom is 0.472 e. The lowest BCUT2D eigenvalue weighted by molar-refractivity contribution is -0.161. The molecule has 2 atom stereocenters. The molecule has 0 spiro atoms. The summed E-state index contributed by atoms with van der Waals surface area (Å²) in [5.74, 6) is -0.816. The molecular formula is C81H146NO8P. The molecule has 3 N–H and O–H groups in total. The number of carbonyl (C=O) groups excluding carboxylic acids is 2. The Morgan fingerprint density at radius 1 is 0.341 bits per heavy atom. The summed E-state index contributed by atoms with van der Waals surface area (Å²) >= 11 is 0. The standard InChI is InChI=1S/C81H146NO8P/c1-3-5-7-9-11-13-15-17-19-21-23-25-27-29-31-33-35-37-38-39-40-42-44-46-48-50-52-54-56-58-60-62-64-66-68-70-72-74-81(84)90-79(78-89-91(85,86)88-76-75-82)77-87-80(83)73-71-69-67-65-63-61-59-57-55-53-51-49-47-45-43-41-36-34-32-30-28-26-24-22-20-18-16-14-12-10-8-6-4-2/h5,7,11,13,17,19,23,25,29,31,35,37,39-40,44,46,79H,3-4,6,8-10,12,14-16,18,20-22,24,26-28,30,32-34,36,38,41-43,45,47-78,82H2,1-2H3,(H,85,86)/b7-5-,13-11-,19-17-,25-23-,31-29-,37-35-,40-39-,46-44-. The molecule has 0 fully saturated rings. The van der Waals surface area contributed by atoms with Gasteiger partial charge >= 0.3 is 19.8 Å².